The third-order valence-corrected chi connectivity index (χ3v) is 6.59. The Labute approximate surface area is 124 Å². The minimum Gasteiger partial charge on any atom is -0.276 e. The molecule has 21 heavy (non-hydrogen) atoms. The molecule has 2 bridgehead atoms. The maximum atomic E-state index is 12.2. The fourth-order valence-corrected chi connectivity index (χ4v) is 5.73. The molecule has 6 nitrogen and oxygen atoms in total. The van der Waals surface area contributed by atoms with Crippen LogP contribution >= 0.6 is 0 Å². The molecule has 3 aliphatic carbocycles. The number of carbonyl (C=O) groups excluding carboxylic acids is 1. The van der Waals surface area contributed by atoms with Crippen LogP contribution in [0.2, 0.25) is 0 Å². The molecule has 4 rings (SSSR count). The molecular weight excluding hydrogens is 290 g/mol. The highest BCUT2D eigenvalue weighted by molar-refractivity contribution is 7.89. The molecule has 1 N–H and O–H groups in total. The third-order valence-electron chi connectivity index (χ3n) is 5.40. The Kier molecular flexibility index (Phi) is 2.73. The second-order valence-electron chi connectivity index (χ2n) is 6.72. The predicted molar refractivity (Wildman–Crippen MR) is 75.3 cm³/mol. The highest BCUT2D eigenvalue weighted by atomic mass is 32.2. The van der Waals surface area contributed by atoms with Gasteiger partial charge in [0.05, 0.1) is 5.69 Å². The number of hydrogen-bond donors (Lipinski definition) is 1. The fraction of sp³-hybridized carbons (Fsp3) is 0.714. The van der Waals surface area contributed by atoms with E-state index in [-0.39, 0.29) is 17.6 Å². The molecule has 3 saturated carbocycles. The first-order valence-corrected chi connectivity index (χ1v) is 9.13. The number of aryl methyl sites for hydroxylation is 1. The lowest BCUT2D eigenvalue weighted by atomic mass is 10.0. The van der Waals surface area contributed by atoms with Gasteiger partial charge in [-0.15, -0.1) is 0 Å². The van der Waals surface area contributed by atoms with Crippen molar-refractivity contribution in [1.82, 2.24) is 14.5 Å². The van der Waals surface area contributed by atoms with Gasteiger partial charge in [-0.3, -0.25) is 14.2 Å². The Balaban J connectivity index is 1.41. The summed E-state index contributed by atoms with van der Waals surface area (Å²) < 4.78 is 27.9. The predicted octanol–water partition coefficient (Wildman–Crippen LogP) is 0.658. The fourth-order valence-electron chi connectivity index (χ4n) is 4.67. The zero-order chi connectivity index (χ0) is 14.8. The van der Waals surface area contributed by atoms with Crippen LogP contribution < -0.4 is 4.72 Å². The zero-order valence-corrected chi connectivity index (χ0v) is 12.7. The maximum absolute atomic E-state index is 12.2. The number of sulfonamides is 1. The Bertz CT molecular complexity index is 680. The summed E-state index contributed by atoms with van der Waals surface area (Å²) in [5.74, 6) is 1.63. The van der Waals surface area contributed by atoms with E-state index in [0.29, 0.717) is 29.4 Å². The number of nitrogens with one attached hydrogen (secondary N) is 1. The van der Waals surface area contributed by atoms with E-state index in [4.69, 9.17) is 0 Å². The Hall–Kier alpha value is -1.37. The van der Waals surface area contributed by atoms with Gasteiger partial charge in [0.15, 0.2) is 0 Å². The highest BCUT2D eigenvalue weighted by Crippen LogP contribution is 2.69. The van der Waals surface area contributed by atoms with Crippen molar-refractivity contribution in [2.24, 2.45) is 36.6 Å². The van der Waals surface area contributed by atoms with Crippen molar-refractivity contribution in [2.75, 3.05) is 0 Å². The van der Waals surface area contributed by atoms with Gasteiger partial charge in [-0.1, -0.05) is 0 Å². The molecule has 7 heteroatoms. The van der Waals surface area contributed by atoms with Crippen LogP contribution in [-0.2, 0) is 27.6 Å². The minimum atomic E-state index is -3.65. The van der Waals surface area contributed by atoms with Crippen LogP contribution in [0.5, 0.6) is 0 Å². The third kappa shape index (κ3) is 2.18. The number of fused-ring (bicyclic) bond motifs is 5. The lowest BCUT2D eigenvalue weighted by Crippen LogP contribution is -2.34. The summed E-state index contributed by atoms with van der Waals surface area (Å²) in [6.07, 6.45) is 5.38. The topological polar surface area (TPSA) is 81.1 Å². The van der Waals surface area contributed by atoms with Crippen LogP contribution in [0.15, 0.2) is 12.3 Å². The number of aromatic nitrogens is 2. The Morgan fingerprint density at radius 1 is 1.38 bits per heavy atom. The van der Waals surface area contributed by atoms with Crippen LogP contribution in [0.4, 0.5) is 0 Å². The van der Waals surface area contributed by atoms with Crippen LogP contribution in [0.1, 0.15) is 25.0 Å². The SMILES string of the molecule is Cn1ccc(CS(=O)(=O)NC(=O)C2[C@@H]3[C@H]4CC[C@H](C4)[C@H]23)n1. The summed E-state index contributed by atoms with van der Waals surface area (Å²) in [7, 11) is -1.91. The number of hydrogen-bond acceptors (Lipinski definition) is 4. The standard InChI is InChI=1S/C14H19N3O3S/c1-17-5-4-10(15-17)7-21(19,20)16-14(18)13-11-8-2-3-9(6-8)12(11)13/h4-5,8-9,11-13H,2-3,6-7H2,1H3,(H,16,18)/t8-,9+,11+,12-,13?. The first-order valence-electron chi connectivity index (χ1n) is 7.47. The normalized spacial score (nSPS) is 36.5. The van der Waals surface area contributed by atoms with Crippen molar-refractivity contribution in [3.05, 3.63) is 18.0 Å². The van der Waals surface area contributed by atoms with Crippen LogP contribution in [-0.4, -0.2) is 24.1 Å². The molecule has 5 atom stereocenters. The van der Waals surface area contributed by atoms with Crippen molar-refractivity contribution in [3.63, 3.8) is 0 Å². The van der Waals surface area contributed by atoms with E-state index in [2.05, 4.69) is 9.82 Å². The smallest absolute Gasteiger partial charge is 0.240 e. The number of rotatable bonds is 4. The average molecular weight is 309 g/mol. The van der Waals surface area contributed by atoms with Gasteiger partial charge in [-0.2, -0.15) is 5.10 Å². The van der Waals surface area contributed by atoms with E-state index in [0.717, 1.165) is 0 Å². The van der Waals surface area contributed by atoms with Crippen LogP contribution in [0.3, 0.4) is 0 Å². The molecule has 0 saturated heterocycles. The van der Waals surface area contributed by atoms with Gasteiger partial charge in [-0.05, 0) is 49.0 Å². The van der Waals surface area contributed by atoms with E-state index in [1.807, 2.05) is 0 Å². The second kappa shape index (κ2) is 4.32. The summed E-state index contributed by atoms with van der Waals surface area (Å²) in [4.78, 5) is 12.2. The minimum absolute atomic E-state index is 0.0604. The van der Waals surface area contributed by atoms with E-state index in [1.165, 1.54) is 19.3 Å². The van der Waals surface area contributed by atoms with Gasteiger partial charge in [0, 0.05) is 19.2 Å². The molecule has 1 aromatic rings. The van der Waals surface area contributed by atoms with Gasteiger partial charge >= 0.3 is 0 Å². The molecular formula is C14H19N3O3S. The molecule has 3 aliphatic rings. The quantitative estimate of drug-likeness (QED) is 0.886. The number of nitrogens with zero attached hydrogens (tertiary/aromatic N) is 2. The number of amides is 1. The molecule has 1 amide bonds. The first kappa shape index (κ1) is 13.3. The van der Waals surface area contributed by atoms with E-state index in [9.17, 15) is 13.2 Å². The van der Waals surface area contributed by atoms with Crippen molar-refractivity contribution in [1.29, 1.82) is 0 Å². The van der Waals surface area contributed by atoms with Gasteiger partial charge in [0.2, 0.25) is 15.9 Å². The lowest BCUT2D eigenvalue weighted by Gasteiger charge is -2.09. The molecule has 1 unspecified atom stereocenters. The Morgan fingerprint density at radius 2 is 2.05 bits per heavy atom. The van der Waals surface area contributed by atoms with Gasteiger partial charge < -0.3 is 0 Å². The molecule has 1 aromatic heterocycles. The monoisotopic (exact) mass is 309 g/mol. The van der Waals surface area contributed by atoms with Crippen LogP contribution in [0.25, 0.3) is 0 Å². The van der Waals surface area contributed by atoms with E-state index in [1.54, 1.807) is 24.0 Å². The van der Waals surface area contributed by atoms with Gasteiger partial charge in [0.25, 0.3) is 0 Å². The van der Waals surface area contributed by atoms with E-state index >= 15 is 0 Å². The molecule has 0 spiro atoms. The average Bonchev–Trinajstić information content (AvgIpc) is 2.71. The highest BCUT2D eigenvalue weighted by Gasteiger charge is 2.67. The molecule has 0 radical (unpaired) electrons. The van der Waals surface area contributed by atoms with Crippen molar-refractivity contribution >= 4 is 15.9 Å². The summed E-state index contributed by atoms with van der Waals surface area (Å²) in [5.41, 5.74) is 0.453. The molecule has 0 aromatic carbocycles. The van der Waals surface area contributed by atoms with Gasteiger partial charge in [0.1, 0.15) is 5.75 Å². The second-order valence-corrected chi connectivity index (χ2v) is 8.44. The molecule has 114 valence electrons. The Morgan fingerprint density at radius 3 is 2.62 bits per heavy atom. The number of carbonyl (C=O) groups is 1. The van der Waals surface area contributed by atoms with Crippen molar-refractivity contribution in [3.8, 4) is 0 Å². The zero-order valence-electron chi connectivity index (χ0n) is 11.9. The molecule has 0 aliphatic heterocycles. The summed E-state index contributed by atoms with van der Waals surface area (Å²) in [5, 5.41) is 4.04. The van der Waals surface area contributed by atoms with Crippen LogP contribution in [0, 0.1) is 29.6 Å². The largest absolute Gasteiger partial charge is 0.276 e. The summed E-state index contributed by atoms with van der Waals surface area (Å²) in [6.45, 7) is 0. The lowest BCUT2D eigenvalue weighted by molar-refractivity contribution is -0.121. The molecule has 1 heterocycles. The molecule has 3 fully saturated rings. The van der Waals surface area contributed by atoms with Crippen molar-refractivity contribution in [2.45, 2.75) is 25.0 Å². The summed E-state index contributed by atoms with van der Waals surface area (Å²) in [6, 6.07) is 1.65. The van der Waals surface area contributed by atoms with Crippen molar-refractivity contribution < 1.29 is 13.2 Å². The van der Waals surface area contributed by atoms with E-state index < -0.39 is 10.0 Å². The van der Waals surface area contributed by atoms with Gasteiger partial charge in [-0.25, -0.2) is 8.42 Å². The summed E-state index contributed by atoms with van der Waals surface area (Å²) >= 11 is 0. The maximum Gasteiger partial charge on any atom is 0.240 e. The first-order chi connectivity index (χ1) is 9.94.